The van der Waals surface area contributed by atoms with Gasteiger partial charge in [-0.15, -0.1) is 0 Å². The average Bonchev–Trinajstić information content (AvgIpc) is 2.37. The van der Waals surface area contributed by atoms with Gasteiger partial charge in [0, 0.05) is 12.8 Å². The Kier molecular flexibility index (Phi) is 4.80. The Bertz CT molecular complexity index is 355. The van der Waals surface area contributed by atoms with E-state index >= 15 is 0 Å². The van der Waals surface area contributed by atoms with Crippen LogP contribution in [0, 0.1) is 0 Å². The van der Waals surface area contributed by atoms with Gasteiger partial charge < -0.3 is 14.7 Å². The summed E-state index contributed by atoms with van der Waals surface area (Å²) in [6.07, 6.45) is 7.06. The van der Waals surface area contributed by atoms with Crippen molar-refractivity contribution in [2.24, 2.45) is 5.16 Å². The number of rotatable bonds is 0. The first-order valence-corrected chi connectivity index (χ1v) is 7.22. The molecule has 0 amide bonds. The largest absolute Gasteiger partial charge is 0.452 e. The molecule has 5 heteroatoms. The van der Waals surface area contributed by atoms with Crippen LogP contribution in [-0.2, 0) is 14.4 Å². The highest BCUT2D eigenvalue weighted by Gasteiger charge is 2.43. The molecule has 1 N–H and O–H groups in total. The minimum Gasteiger partial charge on any atom is -0.452 e. The van der Waals surface area contributed by atoms with Crippen molar-refractivity contribution in [2.75, 3.05) is 0 Å². The smallest absolute Gasteiger partial charge is 0.306 e. The van der Waals surface area contributed by atoms with E-state index < -0.39 is 11.9 Å². The fourth-order valence-corrected chi connectivity index (χ4v) is 2.60. The molecule has 19 heavy (non-hydrogen) atoms. The molecule has 0 aromatic carbocycles. The standard InChI is InChI=1S/C14H23NO4/c1-14-10-11(15-19-13(14)17)8-6-4-2-3-5-7-9-12(16)18-14/h13,17H,2-10H2,1H3/t13-,14-/m0/s1. The van der Waals surface area contributed by atoms with Gasteiger partial charge in [-0.2, -0.15) is 0 Å². The Labute approximate surface area is 114 Å². The first-order chi connectivity index (χ1) is 9.10. The summed E-state index contributed by atoms with van der Waals surface area (Å²) in [5.41, 5.74) is -0.123. The molecule has 0 spiro atoms. The van der Waals surface area contributed by atoms with Gasteiger partial charge in [0.2, 0.25) is 0 Å². The number of fused-ring (bicyclic) bond motifs is 2. The summed E-state index contributed by atoms with van der Waals surface area (Å²) in [6, 6.07) is 0. The maximum Gasteiger partial charge on any atom is 0.306 e. The minimum absolute atomic E-state index is 0.259. The molecule has 0 saturated carbocycles. The van der Waals surface area contributed by atoms with Crippen molar-refractivity contribution in [3.63, 3.8) is 0 Å². The first kappa shape index (κ1) is 14.3. The number of carbonyl (C=O) groups is 1. The molecule has 2 heterocycles. The van der Waals surface area contributed by atoms with Gasteiger partial charge in [-0.25, -0.2) is 0 Å². The molecule has 0 aromatic heterocycles. The molecule has 1 saturated heterocycles. The summed E-state index contributed by atoms with van der Waals surface area (Å²) in [6.45, 7) is 1.71. The molecule has 2 atom stereocenters. The molecule has 2 aliphatic heterocycles. The van der Waals surface area contributed by atoms with E-state index in [0.29, 0.717) is 12.8 Å². The molecule has 0 aliphatic carbocycles. The maximum atomic E-state index is 11.8. The molecule has 5 nitrogen and oxygen atoms in total. The second-order valence-corrected chi connectivity index (χ2v) is 5.70. The quantitative estimate of drug-likeness (QED) is 0.686. The highest BCUT2D eigenvalue weighted by atomic mass is 16.7. The average molecular weight is 269 g/mol. The third kappa shape index (κ3) is 3.93. The van der Waals surface area contributed by atoms with E-state index in [0.717, 1.165) is 37.8 Å². The van der Waals surface area contributed by atoms with E-state index in [1.54, 1.807) is 6.92 Å². The van der Waals surface area contributed by atoms with E-state index in [1.807, 2.05) is 0 Å². The normalized spacial score (nSPS) is 33.9. The van der Waals surface area contributed by atoms with Crippen LogP contribution in [0.1, 0.15) is 64.7 Å². The van der Waals surface area contributed by atoms with E-state index in [-0.39, 0.29) is 5.97 Å². The number of hydrogen-bond donors (Lipinski definition) is 1. The molecular weight excluding hydrogens is 246 g/mol. The number of hydrogen-bond acceptors (Lipinski definition) is 5. The topological polar surface area (TPSA) is 68.1 Å². The number of oxime groups is 1. The van der Waals surface area contributed by atoms with E-state index in [4.69, 9.17) is 9.57 Å². The molecule has 2 bridgehead atoms. The Hall–Kier alpha value is -1.10. The van der Waals surface area contributed by atoms with Crippen LogP contribution in [0.15, 0.2) is 5.16 Å². The number of ether oxygens (including phenoxy) is 1. The van der Waals surface area contributed by atoms with Crippen molar-refractivity contribution in [3.05, 3.63) is 0 Å². The lowest BCUT2D eigenvalue weighted by Gasteiger charge is -2.35. The van der Waals surface area contributed by atoms with E-state index in [9.17, 15) is 9.90 Å². The van der Waals surface area contributed by atoms with Crippen molar-refractivity contribution in [1.29, 1.82) is 0 Å². The van der Waals surface area contributed by atoms with Crippen LogP contribution in [0.3, 0.4) is 0 Å². The van der Waals surface area contributed by atoms with E-state index in [1.165, 1.54) is 12.8 Å². The molecule has 0 aromatic rings. The lowest BCUT2D eigenvalue weighted by Crippen LogP contribution is -2.48. The molecule has 108 valence electrons. The zero-order chi connectivity index (χ0) is 13.7. The number of carbonyl (C=O) groups excluding carboxylic acids is 1. The van der Waals surface area contributed by atoms with Crippen LogP contribution in [-0.4, -0.2) is 28.7 Å². The van der Waals surface area contributed by atoms with Gasteiger partial charge in [0.25, 0.3) is 6.29 Å². The monoisotopic (exact) mass is 269 g/mol. The molecule has 0 radical (unpaired) electrons. The highest BCUT2D eigenvalue weighted by molar-refractivity contribution is 5.85. The first-order valence-electron chi connectivity index (χ1n) is 7.22. The number of nitrogens with zero attached hydrogens (tertiary/aromatic N) is 1. The van der Waals surface area contributed by atoms with Crippen LogP contribution < -0.4 is 0 Å². The van der Waals surface area contributed by atoms with Gasteiger partial charge in [0.05, 0.1) is 5.71 Å². The summed E-state index contributed by atoms with van der Waals surface area (Å²) in [5.74, 6) is -0.259. The number of aliphatic hydroxyl groups excluding tert-OH is 1. The van der Waals surface area contributed by atoms with Gasteiger partial charge >= 0.3 is 5.97 Å². The summed E-state index contributed by atoms with van der Waals surface area (Å²) in [7, 11) is 0. The highest BCUT2D eigenvalue weighted by Crippen LogP contribution is 2.29. The Morgan fingerprint density at radius 1 is 1.16 bits per heavy atom. The Balaban J connectivity index is 2.06. The van der Waals surface area contributed by atoms with Gasteiger partial charge in [-0.3, -0.25) is 4.79 Å². The van der Waals surface area contributed by atoms with E-state index in [2.05, 4.69) is 5.16 Å². The van der Waals surface area contributed by atoms with Gasteiger partial charge in [-0.1, -0.05) is 30.8 Å². The van der Waals surface area contributed by atoms with Crippen molar-refractivity contribution >= 4 is 11.7 Å². The van der Waals surface area contributed by atoms with Crippen LogP contribution in [0.5, 0.6) is 0 Å². The zero-order valence-electron chi connectivity index (χ0n) is 11.6. The molecule has 2 rings (SSSR count). The second-order valence-electron chi connectivity index (χ2n) is 5.70. The summed E-state index contributed by atoms with van der Waals surface area (Å²) < 4.78 is 5.44. The van der Waals surface area contributed by atoms with Crippen molar-refractivity contribution in [2.45, 2.75) is 76.6 Å². The minimum atomic E-state index is -1.18. The van der Waals surface area contributed by atoms with Crippen molar-refractivity contribution in [3.8, 4) is 0 Å². The molecule has 2 aliphatic rings. The van der Waals surface area contributed by atoms with Gasteiger partial charge in [-0.05, 0) is 26.2 Å². The van der Waals surface area contributed by atoms with Crippen LogP contribution in [0.4, 0.5) is 0 Å². The van der Waals surface area contributed by atoms with Crippen LogP contribution in [0.25, 0.3) is 0 Å². The molecular formula is C14H23NO4. The lowest BCUT2D eigenvalue weighted by molar-refractivity contribution is -0.230. The van der Waals surface area contributed by atoms with Crippen molar-refractivity contribution < 1.29 is 19.5 Å². The summed E-state index contributed by atoms with van der Waals surface area (Å²) in [4.78, 5) is 16.8. The summed E-state index contributed by atoms with van der Waals surface area (Å²) in [5, 5.41) is 13.8. The van der Waals surface area contributed by atoms with Crippen LogP contribution >= 0.6 is 0 Å². The van der Waals surface area contributed by atoms with Crippen molar-refractivity contribution in [1.82, 2.24) is 0 Å². The lowest BCUT2D eigenvalue weighted by atomic mass is 9.94. The van der Waals surface area contributed by atoms with Gasteiger partial charge in [0.1, 0.15) is 0 Å². The second kappa shape index (κ2) is 6.37. The number of esters is 1. The zero-order valence-corrected chi connectivity index (χ0v) is 11.6. The van der Waals surface area contributed by atoms with Crippen LogP contribution in [0.2, 0.25) is 0 Å². The third-order valence-electron chi connectivity index (χ3n) is 3.80. The predicted molar refractivity (Wildman–Crippen MR) is 70.6 cm³/mol. The van der Waals surface area contributed by atoms with Gasteiger partial charge in [0.15, 0.2) is 5.60 Å². The third-order valence-corrected chi connectivity index (χ3v) is 3.80. The maximum absolute atomic E-state index is 11.8. The SMILES string of the molecule is C[C@]12CC(=NO[C@@H]1O)CCCCCCCCC(=O)O2. The Morgan fingerprint density at radius 3 is 2.53 bits per heavy atom. The summed E-state index contributed by atoms with van der Waals surface area (Å²) >= 11 is 0. The molecule has 0 unspecified atom stereocenters. The fraction of sp³-hybridized carbons (Fsp3) is 0.857. The predicted octanol–water partition coefficient (Wildman–Crippen LogP) is 2.52. The molecule has 1 fully saturated rings. The Morgan fingerprint density at radius 2 is 1.79 bits per heavy atom. The fourth-order valence-electron chi connectivity index (χ4n) is 2.60. The number of aliphatic hydroxyl groups is 1.